The standard InChI is InChI=1S/C45H31N3O/c1-3-10-30(11-4-1)31-18-20-32(21-19-31)33-22-26-36(27-23-33)44-46-43(35-12-5-2-6-13-35)47-45(48-44)37-28-24-34(25-29-37)38-15-9-17-41-42(38)39-14-7-8-16-40(39)49-41/h1-22,24-29,33H,23H2. The molecule has 1 unspecified atom stereocenters. The molecule has 0 bridgehead atoms. The average molecular weight is 630 g/mol. The molecule has 2 heterocycles. The van der Waals surface area contributed by atoms with Gasteiger partial charge in [-0.25, -0.2) is 15.0 Å². The van der Waals surface area contributed by atoms with Crippen molar-refractivity contribution in [3.05, 3.63) is 181 Å². The number of hydrogen-bond donors (Lipinski definition) is 0. The van der Waals surface area contributed by atoms with Crippen LogP contribution in [0.1, 0.15) is 23.7 Å². The first kappa shape index (κ1) is 28.8. The Morgan fingerprint density at radius 3 is 1.76 bits per heavy atom. The molecule has 0 saturated heterocycles. The first-order valence-corrected chi connectivity index (χ1v) is 16.6. The summed E-state index contributed by atoms with van der Waals surface area (Å²) in [5.74, 6) is 2.28. The summed E-state index contributed by atoms with van der Waals surface area (Å²) in [4.78, 5) is 15.0. The highest BCUT2D eigenvalue weighted by molar-refractivity contribution is 6.12. The van der Waals surface area contributed by atoms with Gasteiger partial charge in [0, 0.05) is 33.4 Å². The lowest BCUT2D eigenvalue weighted by molar-refractivity contribution is 0.669. The van der Waals surface area contributed by atoms with Crippen molar-refractivity contribution in [2.75, 3.05) is 0 Å². The van der Waals surface area contributed by atoms with Gasteiger partial charge in [-0.05, 0) is 46.4 Å². The van der Waals surface area contributed by atoms with Gasteiger partial charge in [-0.1, -0.05) is 158 Å². The molecule has 8 aromatic rings. The largest absolute Gasteiger partial charge is 0.456 e. The molecule has 0 aliphatic heterocycles. The lowest BCUT2D eigenvalue weighted by Crippen LogP contribution is -2.05. The van der Waals surface area contributed by atoms with E-state index in [0.717, 1.165) is 56.2 Å². The summed E-state index contributed by atoms with van der Waals surface area (Å²) in [6, 6.07) is 52.5. The number of furan rings is 1. The van der Waals surface area contributed by atoms with Crippen molar-refractivity contribution < 1.29 is 4.42 Å². The Balaban J connectivity index is 1.03. The topological polar surface area (TPSA) is 51.8 Å². The summed E-state index contributed by atoms with van der Waals surface area (Å²) in [6.45, 7) is 0. The van der Waals surface area contributed by atoms with Crippen molar-refractivity contribution >= 4 is 27.5 Å². The van der Waals surface area contributed by atoms with Crippen molar-refractivity contribution in [3.63, 3.8) is 0 Å². The van der Waals surface area contributed by atoms with Crippen molar-refractivity contribution in [1.29, 1.82) is 0 Å². The molecule has 49 heavy (non-hydrogen) atoms. The first-order chi connectivity index (χ1) is 24.3. The molecular formula is C45H31N3O. The quantitative estimate of drug-likeness (QED) is 0.184. The van der Waals surface area contributed by atoms with E-state index in [2.05, 4.69) is 115 Å². The molecule has 0 amide bonds. The number of fused-ring (bicyclic) bond motifs is 3. The molecule has 1 atom stereocenters. The second-order valence-electron chi connectivity index (χ2n) is 12.4. The second-order valence-corrected chi connectivity index (χ2v) is 12.4. The van der Waals surface area contributed by atoms with Crippen LogP contribution in [0.25, 0.3) is 72.5 Å². The molecule has 232 valence electrons. The normalized spacial score (nSPS) is 14.3. The minimum absolute atomic E-state index is 0.299. The first-order valence-electron chi connectivity index (χ1n) is 16.6. The van der Waals surface area contributed by atoms with E-state index in [-0.39, 0.29) is 0 Å². The molecule has 0 radical (unpaired) electrons. The van der Waals surface area contributed by atoms with Gasteiger partial charge in [0.2, 0.25) is 0 Å². The molecule has 1 aliphatic carbocycles. The molecule has 9 rings (SSSR count). The van der Waals surface area contributed by atoms with Crippen LogP contribution in [-0.2, 0) is 0 Å². The third kappa shape index (κ3) is 5.53. The van der Waals surface area contributed by atoms with Crippen molar-refractivity contribution in [3.8, 4) is 45.0 Å². The number of para-hydroxylation sites is 1. The number of benzene rings is 6. The number of nitrogens with zero attached hydrogens (tertiary/aromatic N) is 3. The molecule has 1 aliphatic rings. The summed E-state index contributed by atoms with van der Waals surface area (Å²) in [5, 5.41) is 2.24. The zero-order valence-electron chi connectivity index (χ0n) is 26.7. The second kappa shape index (κ2) is 12.3. The Bertz CT molecular complexity index is 2490. The third-order valence-electron chi connectivity index (χ3n) is 9.33. The predicted molar refractivity (Wildman–Crippen MR) is 200 cm³/mol. The van der Waals surface area contributed by atoms with Gasteiger partial charge >= 0.3 is 0 Å². The molecule has 6 aromatic carbocycles. The van der Waals surface area contributed by atoms with Crippen molar-refractivity contribution in [1.82, 2.24) is 15.0 Å². The Morgan fingerprint density at radius 1 is 0.469 bits per heavy atom. The highest BCUT2D eigenvalue weighted by Gasteiger charge is 2.18. The fourth-order valence-electron chi connectivity index (χ4n) is 6.75. The minimum Gasteiger partial charge on any atom is -0.456 e. The van der Waals surface area contributed by atoms with Gasteiger partial charge in [0.1, 0.15) is 11.2 Å². The number of hydrogen-bond acceptors (Lipinski definition) is 4. The number of allylic oxidation sites excluding steroid dienone is 4. The number of rotatable bonds is 6. The van der Waals surface area contributed by atoms with Crippen molar-refractivity contribution in [2.24, 2.45) is 0 Å². The van der Waals surface area contributed by atoms with Crippen molar-refractivity contribution in [2.45, 2.75) is 12.3 Å². The van der Waals surface area contributed by atoms with Crippen LogP contribution in [-0.4, -0.2) is 15.0 Å². The van der Waals surface area contributed by atoms with Crippen LogP contribution in [0.3, 0.4) is 0 Å². The van der Waals surface area contributed by atoms with Crippen LogP contribution in [0.15, 0.2) is 174 Å². The van der Waals surface area contributed by atoms with Crippen LogP contribution < -0.4 is 0 Å². The highest BCUT2D eigenvalue weighted by Crippen LogP contribution is 2.37. The molecule has 4 heteroatoms. The van der Waals surface area contributed by atoms with E-state index >= 15 is 0 Å². The zero-order chi connectivity index (χ0) is 32.6. The molecule has 0 saturated carbocycles. The molecule has 0 N–H and O–H groups in total. The van der Waals surface area contributed by atoms with Crippen LogP contribution in [0.2, 0.25) is 0 Å². The minimum atomic E-state index is 0.299. The van der Waals surface area contributed by atoms with E-state index in [1.165, 1.54) is 16.7 Å². The van der Waals surface area contributed by atoms with Crippen LogP contribution in [0, 0.1) is 0 Å². The summed E-state index contributed by atoms with van der Waals surface area (Å²) < 4.78 is 6.15. The van der Waals surface area contributed by atoms with E-state index in [4.69, 9.17) is 19.4 Å². The van der Waals surface area contributed by atoms with Crippen LogP contribution in [0.5, 0.6) is 0 Å². The summed E-state index contributed by atoms with van der Waals surface area (Å²) in [6.07, 6.45) is 7.56. The monoisotopic (exact) mass is 629 g/mol. The Hall–Kier alpha value is -6.39. The van der Waals surface area contributed by atoms with E-state index < -0.39 is 0 Å². The maximum Gasteiger partial charge on any atom is 0.164 e. The maximum atomic E-state index is 6.15. The highest BCUT2D eigenvalue weighted by atomic mass is 16.3. The smallest absolute Gasteiger partial charge is 0.164 e. The van der Waals surface area contributed by atoms with Crippen LogP contribution >= 0.6 is 0 Å². The summed E-state index contributed by atoms with van der Waals surface area (Å²) in [5.41, 5.74) is 10.7. The van der Waals surface area contributed by atoms with E-state index in [0.29, 0.717) is 23.4 Å². The van der Waals surface area contributed by atoms with Gasteiger partial charge in [0.05, 0.1) is 0 Å². The Morgan fingerprint density at radius 2 is 1.04 bits per heavy atom. The molecule has 2 aromatic heterocycles. The fraction of sp³-hybridized carbons (Fsp3) is 0.0444. The van der Waals surface area contributed by atoms with Gasteiger partial charge in [-0.2, -0.15) is 0 Å². The number of aromatic nitrogens is 3. The SMILES string of the molecule is C1=CC(c2ccc(-c3ccccc3)cc2)CC=C1c1nc(-c2ccccc2)nc(-c2ccc(-c3cccc4oc5ccccc5c34)cc2)n1. The van der Waals surface area contributed by atoms with E-state index in [1.54, 1.807) is 0 Å². The molecule has 0 spiro atoms. The lowest BCUT2D eigenvalue weighted by atomic mass is 9.89. The molecular weight excluding hydrogens is 599 g/mol. The van der Waals surface area contributed by atoms with Gasteiger partial charge < -0.3 is 4.42 Å². The van der Waals surface area contributed by atoms with Gasteiger partial charge in [-0.15, -0.1) is 0 Å². The summed E-state index contributed by atoms with van der Waals surface area (Å²) in [7, 11) is 0. The summed E-state index contributed by atoms with van der Waals surface area (Å²) >= 11 is 0. The molecule has 4 nitrogen and oxygen atoms in total. The van der Waals surface area contributed by atoms with Gasteiger partial charge in [0.15, 0.2) is 17.5 Å². The van der Waals surface area contributed by atoms with Gasteiger partial charge in [-0.3, -0.25) is 0 Å². The predicted octanol–water partition coefficient (Wildman–Crippen LogP) is 11.6. The Labute approximate surface area is 284 Å². The average Bonchev–Trinajstić information content (AvgIpc) is 3.58. The fourth-order valence-corrected chi connectivity index (χ4v) is 6.75. The lowest BCUT2D eigenvalue weighted by Gasteiger charge is -2.17. The zero-order valence-corrected chi connectivity index (χ0v) is 26.7. The van der Waals surface area contributed by atoms with E-state index in [1.807, 2.05) is 54.6 Å². The molecule has 0 fully saturated rings. The van der Waals surface area contributed by atoms with Crippen LogP contribution in [0.4, 0.5) is 0 Å². The maximum absolute atomic E-state index is 6.15. The van der Waals surface area contributed by atoms with Gasteiger partial charge in [0.25, 0.3) is 0 Å². The van der Waals surface area contributed by atoms with E-state index in [9.17, 15) is 0 Å². The Kier molecular flexibility index (Phi) is 7.25. The third-order valence-corrected chi connectivity index (χ3v) is 9.33.